The van der Waals surface area contributed by atoms with Gasteiger partial charge in [-0.25, -0.2) is 0 Å². The first-order chi connectivity index (χ1) is 7.36. The number of nitrogens with zero attached hydrogens (tertiary/aromatic N) is 3. The van der Waals surface area contributed by atoms with Crippen molar-refractivity contribution in [1.82, 2.24) is 20.3 Å². The molecule has 0 spiro atoms. The predicted molar refractivity (Wildman–Crippen MR) is 58.3 cm³/mol. The van der Waals surface area contributed by atoms with Gasteiger partial charge in [0.25, 0.3) is 0 Å². The molecule has 1 rings (SSSR count). The highest BCUT2D eigenvalue weighted by Crippen LogP contribution is 1.99. The molecule has 5 heteroatoms. The molecule has 1 aromatic rings. The maximum Gasteiger partial charge on any atom is 0.0964 e. The molecule has 1 heterocycles. The Morgan fingerprint density at radius 1 is 1.40 bits per heavy atom. The molecule has 0 radical (unpaired) electrons. The number of aliphatic hydroxyl groups excluding tert-OH is 1. The van der Waals surface area contributed by atoms with E-state index in [9.17, 15) is 0 Å². The third kappa shape index (κ3) is 4.90. The van der Waals surface area contributed by atoms with Crippen molar-refractivity contribution in [2.45, 2.75) is 39.3 Å². The molecule has 2 N–H and O–H groups in total. The number of hydrogen-bond acceptors (Lipinski definition) is 4. The minimum atomic E-state index is 0.281. The van der Waals surface area contributed by atoms with Crippen LogP contribution in [0.3, 0.4) is 0 Å². The van der Waals surface area contributed by atoms with Crippen LogP contribution in [0.5, 0.6) is 0 Å². The molecule has 0 aliphatic rings. The van der Waals surface area contributed by atoms with Crippen LogP contribution in [0.4, 0.5) is 0 Å². The minimum absolute atomic E-state index is 0.281. The van der Waals surface area contributed by atoms with Crippen molar-refractivity contribution in [2.75, 3.05) is 13.2 Å². The molecule has 0 fully saturated rings. The number of aromatic nitrogens is 3. The SMILES string of the molecule is CCNCc1cn(CCCCCO)nn1. The fourth-order valence-corrected chi connectivity index (χ4v) is 1.34. The Morgan fingerprint density at radius 2 is 2.27 bits per heavy atom. The van der Waals surface area contributed by atoms with Crippen LogP contribution in [-0.2, 0) is 13.1 Å². The zero-order valence-electron chi connectivity index (χ0n) is 9.32. The van der Waals surface area contributed by atoms with Crippen molar-refractivity contribution >= 4 is 0 Å². The van der Waals surface area contributed by atoms with Crippen LogP contribution in [0.1, 0.15) is 31.9 Å². The zero-order chi connectivity index (χ0) is 10.9. The second kappa shape index (κ2) is 7.36. The van der Waals surface area contributed by atoms with E-state index in [1.807, 2.05) is 10.9 Å². The molecule has 0 saturated heterocycles. The fourth-order valence-electron chi connectivity index (χ4n) is 1.34. The topological polar surface area (TPSA) is 63.0 Å². The lowest BCUT2D eigenvalue weighted by Crippen LogP contribution is -2.11. The van der Waals surface area contributed by atoms with Crippen LogP contribution in [-0.4, -0.2) is 33.3 Å². The van der Waals surface area contributed by atoms with Crippen LogP contribution >= 0.6 is 0 Å². The summed E-state index contributed by atoms with van der Waals surface area (Å²) in [5.41, 5.74) is 0.985. The van der Waals surface area contributed by atoms with Gasteiger partial charge in [-0.3, -0.25) is 4.68 Å². The first-order valence-corrected chi connectivity index (χ1v) is 5.57. The van der Waals surface area contributed by atoms with Gasteiger partial charge in [0.1, 0.15) is 0 Å². The van der Waals surface area contributed by atoms with Crippen molar-refractivity contribution < 1.29 is 5.11 Å². The largest absolute Gasteiger partial charge is 0.396 e. The molecular weight excluding hydrogens is 192 g/mol. The van der Waals surface area contributed by atoms with Crippen molar-refractivity contribution in [3.63, 3.8) is 0 Å². The highest BCUT2D eigenvalue weighted by Gasteiger charge is 1.99. The highest BCUT2D eigenvalue weighted by atomic mass is 16.2. The molecule has 1 aromatic heterocycles. The summed E-state index contributed by atoms with van der Waals surface area (Å²) >= 11 is 0. The van der Waals surface area contributed by atoms with Crippen LogP contribution in [0.2, 0.25) is 0 Å². The number of aryl methyl sites for hydroxylation is 1. The minimum Gasteiger partial charge on any atom is -0.396 e. The molecule has 0 atom stereocenters. The first kappa shape index (κ1) is 12.1. The van der Waals surface area contributed by atoms with Gasteiger partial charge in [-0.15, -0.1) is 5.10 Å². The number of rotatable bonds is 8. The molecule has 0 unspecified atom stereocenters. The normalized spacial score (nSPS) is 10.8. The zero-order valence-corrected chi connectivity index (χ0v) is 9.32. The summed E-state index contributed by atoms with van der Waals surface area (Å²) in [6.07, 6.45) is 4.93. The lowest BCUT2D eigenvalue weighted by atomic mass is 10.2. The van der Waals surface area contributed by atoms with Crippen molar-refractivity contribution in [3.05, 3.63) is 11.9 Å². The second-order valence-electron chi connectivity index (χ2n) is 3.54. The summed E-state index contributed by atoms with van der Waals surface area (Å²) in [6, 6.07) is 0. The van der Waals surface area contributed by atoms with Gasteiger partial charge in [-0.1, -0.05) is 12.1 Å². The van der Waals surface area contributed by atoms with Crippen molar-refractivity contribution in [3.8, 4) is 0 Å². The summed E-state index contributed by atoms with van der Waals surface area (Å²) in [7, 11) is 0. The van der Waals surface area contributed by atoms with Crippen molar-refractivity contribution in [2.24, 2.45) is 0 Å². The molecule has 15 heavy (non-hydrogen) atoms. The van der Waals surface area contributed by atoms with E-state index in [1.54, 1.807) is 0 Å². The Labute approximate surface area is 90.5 Å². The Kier molecular flexibility index (Phi) is 5.96. The van der Waals surface area contributed by atoms with Gasteiger partial charge >= 0.3 is 0 Å². The average Bonchev–Trinajstić information content (AvgIpc) is 2.69. The highest BCUT2D eigenvalue weighted by molar-refractivity contribution is 4.91. The first-order valence-electron chi connectivity index (χ1n) is 5.57. The lowest BCUT2D eigenvalue weighted by Gasteiger charge is -1.98. The Hall–Kier alpha value is -0.940. The third-order valence-electron chi connectivity index (χ3n) is 2.19. The van der Waals surface area contributed by atoms with Gasteiger partial charge in [0.05, 0.1) is 5.69 Å². The summed E-state index contributed by atoms with van der Waals surface area (Å²) < 4.78 is 1.87. The molecule has 0 amide bonds. The Balaban J connectivity index is 2.20. The number of hydrogen-bond donors (Lipinski definition) is 2. The number of unbranched alkanes of at least 4 members (excludes halogenated alkanes) is 2. The van der Waals surface area contributed by atoms with E-state index in [-0.39, 0.29) is 6.61 Å². The molecular formula is C10H20N4O. The van der Waals surface area contributed by atoms with Crippen LogP contribution < -0.4 is 5.32 Å². The van der Waals surface area contributed by atoms with E-state index in [0.29, 0.717) is 0 Å². The summed E-state index contributed by atoms with van der Waals surface area (Å²) in [6.45, 7) is 4.97. The Bertz CT molecular complexity index is 262. The maximum atomic E-state index is 8.62. The van der Waals surface area contributed by atoms with Crippen LogP contribution in [0, 0.1) is 0 Å². The van der Waals surface area contributed by atoms with Gasteiger partial charge < -0.3 is 10.4 Å². The number of aliphatic hydroxyl groups is 1. The van der Waals surface area contributed by atoms with E-state index < -0.39 is 0 Å². The quantitative estimate of drug-likeness (QED) is 0.618. The smallest absolute Gasteiger partial charge is 0.0964 e. The molecule has 0 aliphatic carbocycles. The summed E-state index contributed by atoms with van der Waals surface area (Å²) in [5.74, 6) is 0. The van der Waals surface area contributed by atoms with E-state index in [1.165, 1.54) is 0 Å². The second-order valence-corrected chi connectivity index (χ2v) is 3.54. The van der Waals surface area contributed by atoms with Crippen LogP contribution in [0.25, 0.3) is 0 Å². The number of nitrogens with one attached hydrogen (secondary N) is 1. The van der Waals surface area contributed by atoms with Crippen LogP contribution in [0.15, 0.2) is 6.20 Å². The molecule has 0 bridgehead atoms. The van der Waals surface area contributed by atoms with Gasteiger partial charge in [-0.05, 0) is 25.8 Å². The van der Waals surface area contributed by atoms with Gasteiger partial charge in [0, 0.05) is 25.9 Å². The van der Waals surface area contributed by atoms with Crippen molar-refractivity contribution in [1.29, 1.82) is 0 Å². The lowest BCUT2D eigenvalue weighted by molar-refractivity contribution is 0.281. The fraction of sp³-hybridized carbons (Fsp3) is 0.800. The molecule has 5 nitrogen and oxygen atoms in total. The summed E-state index contributed by atoms with van der Waals surface area (Å²) in [5, 5.41) is 19.9. The Morgan fingerprint density at radius 3 is 3.00 bits per heavy atom. The third-order valence-corrected chi connectivity index (χ3v) is 2.19. The standard InChI is InChI=1S/C10H20N4O/c1-2-11-8-10-9-14(13-12-10)6-4-3-5-7-15/h9,11,15H,2-8H2,1H3. The van der Waals surface area contributed by atoms with Gasteiger partial charge in [-0.2, -0.15) is 0 Å². The van der Waals surface area contributed by atoms with Gasteiger partial charge in [0.2, 0.25) is 0 Å². The molecule has 0 aromatic carbocycles. The van der Waals surface area contributed by atoms with E-state index >= 15 is 0 Å². The summed E-state index contributed by atoms with van der Waals surface area (Å²) in [4.78, 5) is 0. The maximum absolute atomic E-state index is 8.62. The van der Waals surface area contributed by atoms with E-state index in [4.69, 9.17) is 5.11 Å². The molecule has 0 saturated carbocycles. The average molecular weight is 212 g/mol. The monoisotopic (exact) mass is 212 g/mol. The predicted octanol–water partition coefficient (Wildman–Crippen LogP) is 0.550. The van der Waals surface area contributed by atoms with E-state index in [0.717, 1.165) is 44.6 Å². The molecule has 86 valence electrons. The van der Waals surface area contributed by atoms with Gasteiger partial charge in [0.15, 0.2) is 0 Å². The molecule has 0 aliphatic heterocycles. The van der Waals surface area contributed by atoms with E-state index in [2.05, 4.69) is 22.6 Å².